The van der Waals surface area contributed by atoms with Gasteiger partial charge in [-0.25, -0.2) is 0 Å². The molecule has 0 saturated heterocycles. The summed E-state index contributed by atoms with van der Waals surface area (Å²) in [4.78, 5) is -0.0562. The first-order valence-corrected chi connectivity index (χ1v) is 4.95. The summed E-state index contributed by atoms with van der Waals surface area (Å²) in [6, 6.07) is 0. The maximum atomic E-state index is 10.7. The lowest BCUT2D eigenvalue weighted by molar-refractivity contribution is 0.492. The Morgan fingerprint density at radius 3 is 2.67 bits per heavy atom. The summed E-state index contributed by atoms with van der Waals surface area (Å²) in [5, 5.41) is 0. The maximum Gasteiger partial charge on any atom is 0.294 e. The Hall–Kier alpha value is -0.870. The molecule has 0 aromatic carbocycles. The molecule has 1 aliphatic carbocycles. The second kappa shape index (κ2) is 3.25. The minimum atomic E-state index is -4.04. The van der Waals surface area contributed by atoms with Gasteiger partial charge in [0.1, 0.15) is 0 Å². The topological polar surface area (TPSA) is 54.4 Å². The third-order valence-corrected chi connectivity index (χ3v) is 2.42. The first-order valence-electron chi connectivity index (χ1n) is 3.51. The quantitative estimate of drug-likeness (QED) is 0.634. The summed E-state index contributed by atoms with van der Waals surface area (Å²) in [7, 11) is -4.04. The van der Waals surface area contributed by atoms with E-state index in [1.165, 1.54) is 12.2 Å². The van der Waals surface area contributed by atoms with E-state index < -0.39 is 10.1 Å². The van der Waals surface area contributed by atoms with Crippen molar-refractivity contribution >= 4 is 10.1 Å². The predicted octanol–water partition coefficient (Wildman–Crippen LogP) is 1.66. The van der Waals surface area contributed by atoms with Crippen LogP contribution < -0.4 is 0 Å². The van der Waals surface area contributed by atoms with E-state index >= 15 is 0 Å². The molecular formula is C8H10O3S. The zero-order valence-electron chi connectivity index (χ0n) is 6.69. The summed E-state index contributed by atoms with van der Waals surface area (Å²) in [6.07, 6.45) is 6.91. The van der Waals surface area contributed by atoms with Gasteiger partial charge in [0.2, 0.25) is 0 Å². The minimum absolute atomic E-state index is 0.0562. The van der Waals surface area contributed by atoms with Gasteiger partial charge in [-0.3, -0.25) is 4.55 Å². The fourth-order valence-corrected chi connectivity index (χ4v) is 1.39. The highest BCUT2D eigenvalue weighted by Crippen LogP contribution is 2.13. The smallest absolute Gasteiger partial charge is 0.282 e. The Labute approximate surface area is 71.8 Å². The molecule has 66 valence electrons. The van der Waals surface area contributed by atoms with E-state index in [0.29, 0.717) is 0 Å². The molecule has 1 rings (SSSR count). The van der Waals surface area contributed by atoms with Crippen LogP contribution >= 0.6 is 0 Å². The van der Waals surface area contributed by atoms with Crippen LogP contribution in [0, 0.1) is 0 Å². The Balaban J connectivity index is 3.09. The summed E-state index contributed by atoms with van der Waals surface area (Å²) in [6.45, 7) is 1.90. The number of hydrogen-bond donors (Lipinski definition) is 1. The molecule has 0 saturated carbocycles. The molecule has 4 heteroatoms. The highest BCUT2D eigenvalue weighted by molar-refractivity contribution is 7.90. The van der Waals surface area contributed by atoms with E-state index in [1.54, 1.807) is 12.2 Å². The van der Waals surface area contributed by atoms with Crippen LogP contribution in [0.15, 0.2) is 34.8 Å². The fraction of sp³-hybridized carbons (Fsp3) is 0.250. The van der Waals surface area contributed by atoms with Crippen molar-refractivity contribution in [3.05, 3.63) is 34.8 Å². The van der Waals surface area contributed by atoms with Crippen LogP contribution in [0.5, 0.6) is 0 Å². The van der Waals surface area contributed by atoms with Crippen LogP contribution in [0.2, 0.25) is 0 Å². The SMILES string of the molecule is CC1=CC=C(S(=O)(=O)O)C=CC1. The number of hydrogen-bond acceptors (Lipinski definition) is 2. The third kappa shape index (κ3) is 2.32. The predicted molar refractivity (Wildman–Crippen MR) is 47.1 cm³/mol. The van der Waals surface area contributed by atoms with Gasteiger partial charge < -0.3 is 0 Å². The molecule has 0 aliphatic heterocycles. The average Bonchev–Trinajstić information content (AvgIpc) is 2.11. The lowest BCUT2D eigenvalue weighted by Crippen LogP contribution is -1.98. The van der Waals surface area contributed by atoms with Crippen molar-refractivity contribution < 1.29 is 13.0 Å². The van der Waals surface area contributed by atoms with Crippen LogP contribution in [0.4, 0.5) is 0 Å². The fourth-order valence-electron chi connectivity index (χ4n) is 0.881. The molecule has 1 aliphatic rings. The minimum Gasteiger partial charge on any atom is -0.282 e. The van der Waals surface area contributed by atoms with Crippen molar-refractivity contribution in [2.24, 2.45) is 0 Å². The average molecular weight is 186 g/mol. The van der Waals surface area contributed by atoms with E-state index in [0.717, 1.165) is 12.0 Å². The molecular weight excluding hydrogens is 176 g/mol. The Bertz CT molecular complexity index is 358. The van der Waals surface area contributed by atoms with Crippen LogP contribution in [-0.4, -0.2) is 13.0 Å². The molecule has 0 amide bonds. The van der Waals surface area contributed by atoms with Gasteiger partial charge in [-0.2, -0.15) is 8.42 Å². The molecule has 0 aromatic heterocycles. The zero-order valence-corrected chi connectivity index (χ0v) is 7.50. The third-order valence-electron chi connectivity index (χ3n) is 1.55. The molecule has 0 radical (unpaired) electrons. The molecule has 0 bridgehead atoms. The van der Waals surface area contributed by atoms with Crippen LogP contribution in [0.25, 0.3) is 0 Å². The van der Waals surface area contributed by atoms with Gasteiger partial charge in [-0.15, -0.1) is 0 Å². The maximum absolute atomic E-state index is 10.7. The molecule has 0 fully saturated rings. The van der Waals surface area contributed by atoms with Gasteiger partial charge in [0, 0.05) is 0 Å². The molecule has 0 heterocycles. The number of rotatable bonds is 1. The molecule has 0 atom stereocenters. The number of allylic oxidation sites excluding steroid dienone is 5. The van der Waals surface area contributed by atoms with Crippen LogP contribution in [0.3, 0.4) is 0 Å². The summed E-state index contributed by atoms with van der Waals surface area (Å²) < 4.78 is 30.0. The highest BCUT2D eigenvalue weighted by atomic mass is 32.2. The Morgan fingerprint density at radius 1 is 1.42 bits per heavy atom. The van der Waals surface area contributed by atoms with Crippen LogP contribution in [0.1, 0.15) is 13.3 Å². The van der Waals surface area contributed by atoms with Crippen molar-refractivity contribution in [1.29, 1.82) is 0 Å². The first kappa shape index (κ1) is 9.22. The van der Waals surface area contributed by atoms with Gasteiger partial charge in [0.05, 0.1) is 4.91 Å². The largest absolute Gasteiger partial charge is 0.294 e. The summed E-state index contributed by atoms with van der Waals surface area (Å²) >= 11 is 0. The van der Waals surface area contributed by atoms with Gasteiger partial charge in [0.25, 0.3) is 10.1 Å². The first-order chi connectivity index (χ1) is 5.50. The van der Waals surface area contributed by atoms with E-state index in [1.807, 2.05) is 6.92 Å². The van der Waals surface area contributed by atoms with E-state index in [-0.39, 0.29) is 4.91 Å². The van der Waals surface area contributed by atoms with E-state index in [2.05, 4.69) is 0 Å². The lowest BCUT2D eigenvalue weighted by Gasteiger charge is -1.92. The van der Waals surface area contributed by atoms with E-state index in [4.69, 9.17) is 4.55 Å². The van der Waals surface area contributed by atoms with Crippen molar-refractivity contribution in [2.45, 2.75) is 13.3 Å². The molecule has 1 N–H and O–H groups in total. The highest BCUT2D eigenvalue weighted by Gasteiger charge is 2.09. The summed E-state index contributed by atoms with van der Waals surface area (Å²) in [5.41, 5.74) is 1.06. The van der Waals surface area contributed by atoms with E-state index in [9.17, 15) is 8.42 Å². The van der Waals surface area contributed by atoms with Gasteiger partial charge in [0.15, 0.2) is 0 Å². The standard InChI is InChI=1S/C8H10O3S/c1-7-3-2-4-8(6-5-7)12(9,10)11/h2,4-6H,3H2,1H3,(H,9,10,11). The van der Waals surface area contributed by atoms with Gasteiger partial charge in [-0.1, -0.05) is 17.7 Å². The summed E-state index contributed by atoms with van der Waals surface area (Å²) in [5.74, 6) is 0. The van der Waals surface area contributed by atoms with Gasteiger partial charge in [-0.05, 0) is 25.5 Å². The second-order valence-corrected chi connectivity index (χ2v) is 4.09. The van der Waals surface area contributed by atoms with Crippen LogP contribution in [-0.2, 0) is 10.1 Å². The molecule has 0 aromatic rings. The molecule has 3 nitrogen and oxygen atoms in total. The Kier molecular flexibility index (Phi) is 2.49. The van der Waals surface area contributed by atoms with Gasteiger partial charge >= 0.3 is 0 Å². The van der Waals surface area contributed by atoms with Crippen molar-refractivity contribution in [1.82, 2.24) is 0 Å². The normalized spacial score (nSPS) is 18.2. The van der Waals surface area contributed by atoms with Crippen molar-refractivity contribution in [3.63, 3.8) is 0 Å². The molecule has 0 spiro atoms. The lowest BCUT2D eigenvalue weighted by atomic mass is 10.2. The second-order valence-electron chi connectivity index (χ2n) is 2.66. The van der Waals surface area contributed by atoms with Crippen molar-refractivity contribution in [3.8, 4) is 0 Å². The Morgan fingerprint density at radius 2 is 2.08 bits per heavy atom. The molecule has 0 unspecified atom stereocenters. The van der Waals surface area contributed by atoms with Crippen molar-refractivity contribution in [2.75, 3.05) is 0 Å². The zero-order chi connectivity index (χ0) is 9.19. The monoisotopic (exact) mass is 186 g/mol. The molecule has 12 heavy (non-hydrogen) atoms.